The van der Waals surface area contributed by atoms with E-state index in [1.807, 2.05) is 0 Å². The molecule has 0 aliphatic carbocycles. The third-order valence-corrected chi connectivity index (χ3v) is 3.82. The molecular weight excluding hydrogens is 274 g/mol. The van der Waals surface area contributed by atoms with Crippen LogP contribution in [0.4, 0.5) is 5.69 Å². The quantitative estimate of drug-likeness (QED) is 0.877. The van der Waals surface area contributed by atoms with Crippen molar-refractivity contribution in [3.8, 4) is 0 Å². The standard InChI is InChI=1S/C11H10ClN3O2S/c1-8-5-11(12)14-7-10(8)15-18(16,17)9-3-2-4-13-6-9/h2-7,15H,1H3. The number of nitrogens with zero attached hydrogens (tertiary/aromatic N) is 2. The number of halogens is 1. The van der Waals surface area contributed by atoms with E-state index in [1.165, 1.54) is 24.7 Å². The molecule has 2 heterocycles. The first kappa shape index (κ1) is 12.8. The van der Waals surface area contributed by atoms with E-state index < -0.39 is 10.0 Å². The Hall–Kier alpha value is -1.66. The molecule has 0 radical (unpaired) electrons. The van der Waals surface area contributed by atoms with Crippen molar-refractivity contribution >= 4 is 27.3 Å². The highest BCUT2D eigenvalue weighted by molar-refractivity contribution is 7.92. The molecule has 0 saturated carbocycles. The second-order valence-electron chi connectivity index (χ2n) is 3.62. The lowest BCUT2D eigenvalue weighted by molar-refractivity contribution is 0.600. The number of hydrogen-bond donors (Lipinski definition) is 1. The second-order valence-corrected chi connectivity index (χ2v) is 5.69. The summed E-state index contributed by atoms with van der Waals surface area (Å²) in [5, 5.41) is 0.317. The highest BCUT2D eigenvalue weighted by atomic mass is 35.5. The summed E-state index contributed by atoms with van der Waals surface area (Å²) in [5.74, 6) is 0. The van der Waals surface area contributed by atoms with Crippen LogP contribution in [0.2, 0.25) is 5.15 Å². The maximum absolute atomic E-state index is 12.0. The molecule has 0 saturated heterocycles. The largest absolute Gasteiger partial charge is 0.278 e. The van der Waals surface area contributed by atoms with Crippen molar-refractivity contribution in [1.29, 1.82) is 0 Å². The van der Waals surface area contributed by atoms with Gasteiger partial charge in [-0.15, -0.1) is 0 Å². The lowest BCUT2D eigenvalue weighted by atomic mass is 10.3. The third kappa shape index (κ3) is 2.77. The molecule has 0 spiro atoms. The van der Waals surface area contributed by atoms with Gasteiger partial charge in [-0.2, -0.15) is 0 Å². The SMILES string of the molecule is Cc1cc(Cl)ncc1NS(=O)(=O)c1cccnc1. The van der Waals surface area contributed by atoms with E-state index in [0.29, 0.717) is 16.4 Å². The van der Waals surface area contributed by atoms with Crippen molar-refractivity contribution in [3.05, 3.63) is 47.5 Å². The first-order valence-corrected chi connectivity index (χ1v) is 6.90. The van der Waals surface area contributed by atoms with Crippen LogP contribution in [-0.4, -0.2) is 18.4 Å². The highest BCUT2D eigenvalue weighted by Crippen LogP contribution is 2.20. The lowest BCUT2D eigenvalue weighted by Gasteiger charge is -2.09. The Balaban J connectivity index is 2.34. The van der Waals surface area contributed by atoms with Gasteiger partial charge in [-0.3, -0.25) is 9.71 Å². The smallest absolute Gasteiger partial charge is 0.263 e. The Morgan fingerprint density at radius 1 is 1.33 bits per heavy atom. The van der Waals surface area contributed by atoms with E-state index >= 15 is 0 Å². The summed E-state index contributed by atoms with van der Waals surface area (Å²) in [6, 6.07) is 4.61. The average molecular weight is 284 g/mol. The average Bonchev–Trinajstić information content (AvgIpc) is 2.34. The van der Waals surface area contributed by atoms with Crippen LogP contribution >= 0.6 is 11.6 Å². The molecule has 7 heteroatoms. The Morgan fingerprint density at radius 3 is 2.72 bits per heavy atom. The van der Waals surface area contributed by atoms with Crippen LogP contribution in [0, 0.1) is 6.92 Å². The van der Waals surface area contributed by atoms with Gasteiger partial charge in [-0.05, 0) is 30.7 Å². The van der Waals surface area contributed by atoms with Crippen molar-refractivity contribution < 1.29 is 8.42 Å². The summed E-state index contributed by atoms with van der Waals surface area (Å²) >= 11 is 5.71. The minimum Gasteiger partial charge on any atom is -0.278 e. The predicted octanol–water partition coefficient (Wildman–Crippen LogP) is 2.24. The minimum absolute atomic E-state index is 0.0966. The number of pyridine rings is 2. The van der Waals surface area contributed by atoms with Crippen LogP contribution < -0.4 is 4.72 Å². The van der Waals surface area contributed by atoms with Crippen LogP contribution in [0.3, 0.4) is 0 Å². The summed E-state index contributed by atoms with van der Waals surface area (Å²) < 4.78 is 26.5. The monoisotopic (exact) mass is 283 g/mol. The molecule has 2 aromatic rings. The summed E-state index contributed by atoms with van der Waals surface area (Å²) in [6.07, 6.45) is 4.17. The van der Waals surface area contributed by atoms with Gasteiger partial charge < -0.3 is 0 Å². The van der Waals surface area contributed by atoms with Crippen LogP contribution in [0.15, 0.2) is 41.7 Å². The van der Waals surface area contributed by atoms with Crippen molar-refractivity contribution in [2.24, 2.45) is 0 Å². The molecule has 0 aliphatic rings. The summed E-state index contributed by atoms with van der Waals surface area (Å²) in [6.45, 7) is 1.74. The summed E-state index contributed by atoms with van der Waals surface area (Å²) in [4.78, 5) is 7.71. The molecule has 0 unspecified atom stereocenters. The number of sulfonamides is 1. The molecular formula is C11H10ClN3O2S. The van der Waals surface area contributed by atoms with Gasteiger partial charge in [-0.25, -0.2) is 13.4 Å². The van der Waals surface area contributed by atoms with Gasteiger partial charge in [0.05, 0.1) is 11.9 Å². The second kappa shape index (κ2) is 4.91. The Labute approximate surface area is 110 Å². The van der Waals surface area contributed by atoms with Gasteiger partial charge in [0, 0.05) is 12.4 Å². The van der Waals surface area contributed by atoms with Gasteiger partial charge in [-0.1, -0.05) is 11.6 Å². The van der Waals surface area contributed by atoms with Crippen LogP contribution in [-0.2, 0) is 10.0 Å². The minimum atomic E-state index is -3.64. The highest BCUT2D eigenvalue weighted by Gasteiger charge is 2.15. The van der Waals surface area contributed by atoms with Crippen LogP contribution in [0.25, 0.3) is 0 Å². The maximum Gasteiger partial charge on any atom is 0.263 e. The Kier molecular flexibility index (Phi) is 3.49. The molecule has 94 valence electrons. The van der Waals surface area contributed by atoms with E-state index in [0.717, 1.165) is 0 Å². The predicted molar refractivity (Wildman–Crippen MR) is 69.0 cm³/mol. The van der Waals surface area contributed by atoms with Gasteiger partial charge in [0.2, 0.25) is 0 Å². The van der Waals surface area contributed by atoms with E-state index in [9.17, 15) is 8.42 Å². The van der Waals surface area contributed by atoms with Crippen LogP contribution in [0.1, 0.15) is 5.56 Å². The zero-order valence-electron chi connectivity index (χ0n) is 9.46. The Morgan fingerprint density at radius 2 is 2.11 bits per heavy atom. The van der Waals surface area contributed by atoms with Gasteiger partial charge in [0.1, 0.15) is 10.0 Å². The topological polar surface area (TPSA) is 72.0 Å². The molecule has 0 aromatic carbocycles. The number of aromatic nitrogens is 2. The first-order valence-electron chi connectivity index (χ1n) is 5.04. The first-order chi connectivity index (χ1) is 8.49. The number of rotatable bonds is 3. The summed E-state index contributed by atoms with van der Waals surface area (Å²) in [7, 11) is -3.64. The number of aryl methyl sites for hydroxylation is 1. The molecule has 0 atom stereocenters. The van der Waals surface area contributed by atoms with Crippen molar-refractivity contribution in [2.45, 2.75) is 11.8 Å². The molecule has 0 amide bonds. The molecule has 2 rings (SSSR count). The van der Waals surface area contributed by atoms with E-state index in [1.54, 1.807) is 19.1 Å². The number of nitrogens with one attached hydrogen (secondary N) is 1. The fourth-order valence-electron chi connectivity index (χ4n) is 1.34. The van der Waals surface area contributed by atoms with Crippen molar-refractivity contribution in [3.63, 3.8) is 0 Å². The lowest BCUT2D eigenvalue weighted by Crippen LogP contribution is -2.14. The fourth-order valence-corrected chi connectivity index (χ4v) is 2.63. The normalized spacial score (nSPS) is 11.2. The molecule has 2 aromatic heterocycles. The molecule has 1 N–H and O–H groups in total. The van der Waals surface area contributed by atoms with Gasteiger partial charge >= 0.3 is 0 Å². The molecule has 18 heavy (non-hydrogen) atoms. The molecule has 5 nitrogen and oxygen atoms in total. The molecule has 0 aliphatic heterocycles. The molecule has 0 bridgehead atoms. The zero-order valence-corrected chi connectivity index (χ0v) is 11.0. The van der Waals surface area contributed by atoms with Crippen molar-refractivity contribution in [2.75, 3.05) is 4.72 Å². The fraction of sp³-hybridized carbons (Fsp3) is 0.0909. The van der Waals surface area contributed by atoms with E-state index in [-0.39, 0.29) is 4.90 Å². The van der Waals surface area contributed by atoms with Gasteiger partial charge in [0.15, 0.2) is 0 Å². The molecule has 0 fully saturated rings. The number of hydrogen-bond acceptors (Lipinski definition) is 4. The third-order valence-electron chi connectivity index (χ3n) is 2.27. The zero-order chi connectivity index (χ0) is 13.2. The van der Waals surface area contributed by atoms with Crippen LogP contribution in [0.5, 0.6) is 0 Å². The van der Waals surface area contributed by atoms with Gasteiger partial charge in [0.25, 0.3) is 10.0 Å². The van der Waals surface area contributed by atoms with E-state index in [2.05, 4.69) is 14.7 Å². The maximum atomic E-state index is 12.0. The Bertz CT molecular complexity index is 659. The summed E-state index contributed by atoms with van der Waals surface area (Å²) in [5.41, 5.74) is 1.09. The number of anilines is 1. The van der Waals surface area contributed by atoms with E-state index in [4.69, 9.17) is 11.6 Å². The van der Waals surface area contributed by atoms with Crippen molar-refractivity contribution in [1.82, 2.24) is 9.97 Å².